The molecule has 0 bridgehead atoms. The van der Waals surface area contributed by atoms with Gasteiger partial charge < -0.3 is 5.32 Å². The van der Waals surface area contributed by atoms with Crippen LogP contribution in [0.4, 0.5) is 0 Å². The van der Waals surface area contributed by atoms with Crippen LogP contribution in [0.25, 0.3) is 0 Å². The van der Waals surface area contributed by atoms with Gasteiger partial charge in [0.05, 0.1) is 0 Å². The third-order valence-corrected chi connectivity index (χ3v) is 3.46. The predicted octanol–water partition coefficient (Wildman–Crippen LogP) is 4.73. The quantitative estimate of drug-likeness (QED) is 0.766. The molecule has 0 aliphatic carbocycles. The van der Waals surface area contributed by atoms with Crippen molar-refractivity contribution < 1.29 is 0 Å². The van der Waals surface area contributed by atoms with Crippen LogP contribution in [-0.2, 0) is 6.42 Å². The number of nitrogens with one attached hydrogen (secondary N) is 1. The molecule has 0 amide bonds. The second-order valence-electron chi connectivity index (χ2n) is 6.32. The van der Waals surface area contributed by atoms with E-state index in [1.165, 1.54) is 17.5 Å². The van der Waals surface area contributed by atoms with Crippen molar-refractivity contribution in [3.63, 3.8) is 0 Å². The summed E-state index contributed by atoms with van der Waals surface area (Å²) in [6.07, 6.45) is 3.49. The lowest BCUT2D eigenvalue weighted by Gasteiger charge is -2.22. The van der Waals surface area contributed by atoms with Crippen molar-refractivity contribution in [1.82, 2.24) is 5.32 Å². The summed E-state index contributed by atoms with van der Waals surface area (Å²) in [4.78, 5) is 0. The Hall–Kier alpha value is -0.820. The molecule has 1 heteroatoms. The highest BCUT2D eigenvalue weighted by atomic mass is 14.9. The standard InChI is InChI=1S/C17H29N/c1-6-14-8-10-15(11-9-14)16(7-2)18-13-12-17(3,4)5/h8-11,16,18H,6-7,12-13H2,1-5H3. The molecule has 1 aromatic carbocycles. The molecule has 18 heavy (non-hydrogen) atoms. The maximum atomic E-state index is 3.68. The van der Waals surface area contributed by atoms with E-state index in [0.29, 0.717) is 11.5 Å². The Morgan fingerprint density at radius 2 is 1.67 bits per heavy atom. The molecule has 1 unspecified atom stereocenters. The van der Waals surface area contributed by atoms with Crippen LogP contribution >= 0.6 is 0 Å². The summed E-state index contributed by atoms with van der Waals surface area (Å²) in [5.74, 6) is 0. The second-order valence-corrected chi connectivity index (χ2v) is 6.32. The van der Waals surface area contributed by atoms with Gasteiger partial charge in [0, 0.05) is 6.04 Å². The molecule has 0 spiro atoms. The van der Waals surface area contributed by atoms with Crippen molar-refractivity contribution in [2.24, 2.45) is 5.41 Å². The maximum absolute atomic E-state index is 3.68. The predicted molar refractivity (Wildman–Crippen MR) is 80.9 cm³/mol. The number of aryl methyl sites for hydroxylation is 1. The average Bonchev–Trinajstić information content (AvgIpc) is 2.34. The Morgan fingerprint density at radius 1 is 1.06 bits per heavy atom. The largest absolute Gasteiger partial charge is 0.310 e. The lowest BCUT2D eigenvalue weighted by molar-refractivity contribution is 0.352. The van der Waals surface area contributed by atoms with Gasteiger partial charge in [0.15, 0.2) is 0 Å². The Bertz CT molecular complexity index is 332. The van der Waals surface area contributed by atoms with Crippen LogP contribution < -0.4 is 5.32 Å². The van der Waals surface area contributed by atoms with Crippen LogP contribution in [0.15, 0.2) is 24.3 Å². The summed E-state index contributed by atoms with van der Waals surface area (Å²) in [5, 5.41) is 3.68. The van der Waals surface area contributed by atoms with Gasteiger partial charge in [0.25, 0.3) is 0 Å². The van der Waals surface area contributed by atoms with E-state index < -0.39 is 0 Å². The molecule has 0 heterocycles. The molecule has 1 N–H and O–H groups in total. The van der Waals surface area contributed by atoms with Crippen molar-refractivity contribution in [2.75, 3.05) is 6.54 Å². The summed E-state index contributed by atoms with van der Waals surface area (Å²) in [6, 6.07) is 9.55. The minimum Gasteiger partial charge on any atom is -0.310 e. The first-order valence-electron chi connectivity index (χ1n) is 7.28. The molecule has 0 saturated carbocycles. The van der Waals surface area contributed by atoms with Gasteiger partial charge in [-0.2, -0.15) is 0 Å². The maximum Gasteiger partial charge on any atom is 0.0317 e. The first-order valence-corrected chi connectivity index (χ1v) is 7.28. The lowest BCUT2D eigenvalue weighted by atomic mass is 9.92. The Morgan fingerprint density at radius 3 is 2.11 bits per heavy atom. The minimum absolute atomic E-state index is 0.414. The zero-order chi connectivity index (χ0) is 13.6. The van der Waals surface area contributed by atoms with Crippen molar-refractivity contribution >= 4 is 0 Å². The van der Waals surface area contributed by atoms with E-state index in [4.69, 9.17) is 0 Å². The van der Waals surface area contributed by atoms with Crippen molar-refractivity contribution in [3.8, 4) is 0 Å². The topological polar surface area (TPSA) is 12.0 Å². The molecule has 0 radical (unpaired) electrons. The zero-order valence-electron chi connectivity index (χ0n) is 12.7. The second kappa shape index (κ2) is 6.94. The summed E-state index contributed by atoms with van der Waals surface area (Å²) < 4.78 is 0. The van der Waals surface area contributed by atoms with E-state index in [2.05, 4.69) is 64.2 Å². The molecular formula is C17H29N. The monoisotopic (exact) mass is 247 g/mol. The molecule has 1 rings (SSSR count). The summed E-state index contributed by atoms with van der Waals surface area (Å²) >= 11 is 0. The molecule has 0 fully saturated rings. The van der Waals surface area contributed by atoms with Gasteiger partial charge in [0.1, 0.15) is 0 Å². The van der Waals surface area contributed by atoms with Gasteiger partial charge in [-0.25, -0.2) is 0 Å². The van der Waals surface area contributed by atoms with Crippen molar-refractivity contribution in [2.45, 2.75) is 59.9 Å². The fourth-order valence-electron chi connectivity index (χ4n) is 2.10. The first-order chi connectivity index (χ1) is 8.46. The van der Waals surface area contributed by atoms with E-state index in [-0.39, 0.29) is 0 Å². The van der Waals surface area contributed by atoms with E-state index in [1.54, 1.807) is 0 Å². The van der Waals surface area contributed by atoms with Gasteiger partial charge in [-0.1, -0.05) is 58.9 Å². The van der Waals surface area contributed by atoms with Gasteiger partial charge in [0.2, 0.25) is 0 Å². The zero-order valence-corrected chi connectivity index (χ0v) is 12.7. The van der Waals surface area contributed by atoms with Crippen LogP contribution in [0, 0.1) is 5.41 Å². The van der Waals surface area contributed by atoms with Gasteiger partial charge in [-0.3, -0.25) is 0 Å². The van der Waals surface area contributed by atoms with Gasteiger partial charge >= 0.3 is 0 Å². The van der Waals surface area contributed by atoms with E-state index in [9.17, 15) is 0 Å². The molecule has 1 atom stereocenters. The molecule has 0 aliphatic rings. The fraction of sp³-hybridized carbons (Fsp3) is 0.647. The van der Waals surface area contributed by atoms with Crippen LogP contribution in [0.2, 0.25) is 0 Å². The average molecular weight is 247 g/mol. The Balaban J connectivity index is 2.54. The van der Waals surface area contributed by atoms with Gasteiger partial charge in [-0.15, -0.1) is 0 Å². The van der Waals surface area contributed by atoms with E-state index >= 15 is 0 Å². The molecule has 0 saturated heterocycles. The smallest absolute Gasteiger partial charge is 0.0317 e. The van der Waals surface area contributed by atoms with Crippen LogP contribution in [0.5, 0.6) is 0 Å². The van der Waals surface area contributed by atoms with Gasteiger partial charge in [-0.05, 0) is 42.3 Å². The molecule has 1 nitrogen and oxygen atoms in total. The summed E-state index contributed by atoms with van der Waals surface area (Å²) in [6.45, 7) is 12.4. The molecule has 0 aliphatic heterocycles. The third-order valence-electron chi connectivity index (χ3n) is 3.46. The fourth-order valence-corrected chi connectivity index (χ4v) is 2.10. The van der Waals surface area contributed by atoms with Crippen molar-refractivity contribution in [1.29, 1.82) is 0 Å². The number of rotatable bonds is 6. The van der Waals surface area contributed by atoms with Crippen LogP contribution in [-0.4, -0.2) is 6.54 Å². The minimum atomic E-state index is 0.414. The highest BCUT2D eigenvalue weighted by Gasteiger charge is 2.12. The normalized spacial score (nSPS) is 13.6. The molecule has 102 valence electrons. The summed E-state index contributed by atoms with van der Waals surface area (Å²) in [7, 11) is 0. The van der Waals surface area contributed by atoms with Crippen LogP contribution in [0.1, 0.15) is 64.6 Å². The lowest BCUT2D eigenvalue weighted by Crippen LogP contribution is -2.25. The van der Waals surface area contributed by atoms with E-state index in [1.807, 2.05) is 0 Å². The third kappa shape index (κ3) is 5.22. The summed E-state index contributed by atoms with van der Waals surface area (Å²) in [5.41, 5.74) is 3.25. The SMILES string of the molecule is CCc1ccc(C(CC)NCCC(C)(C)C)cc1. The van der Waals surface area contributed by atoms with E-state index in [0.717, 1.165) is 19.4 Å². The number of benzene rings is 1. The molecule has 0 aromatic heterocycles. The highest BCUT2D eigenvalue weighted by Crippen LogP contribution is 2.20. The van der Waals surface area contributed by atoms with Crippen LogP contribution in [0.3, 0.4) is 0 Å². The molecular weight excluding hydrogens is 218 g/mol. The number of hydrogen-bond acceptors (Lipinski definition) is 1. The Kier molecular flexibility index (Phi) is 5.87. The Labute approximate surface area is 113 Å². The molecule has 1 aromatic rings. The first kappa shape index (κ1) is 15.2. The number of hydrogen-bond donors (Lipinski definition) is 1. The highest BCUT2D eigenvalue weighted by molar-refractivity contribution is 5.24. The van der Waals surface area contributed by atoms with Crippen molar-refractivity contribution in [3.05, 3.63) is 35.4 Å².